The molecule has 0 atom stereocenters. The van der Waals surface area contributed by atoms with Gasteiger partial charge in [-0.05, 0) is 12.1 Å². The first-order valence-corrected chi connectivity index (χ1v) is 6.97. The third-order valence-corrected chi connectivity index (χ3v) is 3.45. The van der Waals surface area contributed by atoms with Crippen LogP contribution in [0.2, 0.25) is 0 Å². The number of hydrogen-bond acceptors (Lipinski definition) is 3. The van der Waals surface area contributed by atoms with Crippen molar-refractivity contribution in [2.24, 2.45) is 0 Å². The Labute approximate surface area is 115 Å². The van der Waals surface area contributed by atoms with Crippen molar-refractivity contribution < 1.29 is 9.53 Å². The molecule has 1 aromatic rings. The average Bonchev–Trinajstić information content (AvgIpc) is 2.48. The summed E-state index contributed by atoms with van der Waals surface area (Å²) in [6, 6.07) is 9.88. The molecule has 0 saturated carbocycles. The third-order valence-electron chi connectivity index (χ3n) is 3.45. The third kappa shape index (κ3) is 4.24. The predicted molar refractivity (Wildman–Crippen MR) is 75.2 cm³/mol. The molecule has 0 aliphatic carbocycles. The van der Waals surface area contributed by atoms with Gasteiger partial charge in [0.05, 0.1) is 0 Å². The molecule has 4 nitrogen and oxygen atoms in total. The van der Waals surface area contributed by atoms with Crippen LogP contribution in [0.4, 0.5) is 0 Å². The number of benzene rings is 1. The van der Waals surface area contributed by atoms with E-state index in [1.807, 2.05) is 42.2 Å². The van der Waals surface area contributed by atoms with Crippen molar-refractivity contribution >= 4 is 5.91 Å². The minimum Gasteiger partial charge on any atom is -0.492 e. The topological polar surface area (TPSA) is 32.8 Å². The number of hydrogen-bond donors (Lipinski definition) is 0. The van der Waals surface area contributed by atoms with Crippen LogP contribution in [-0.4, -0.2) is 55.0 Å². The molecule has 1 saturated heterocycles. The molecular weight excluding hydrogens is 240 g/mol. The van der Waals surface area contributed by atoms with Crippen LogP contribution in [0, 0.1) is 0 Å². The molecule has 0 aromatic heterocycles. The van der Waals surface area contributed by atoms with Crippen LogP contribution in [0.1, 0.15) is 13.3 Å². The van der Waals surface area contributed by atoms with Crippen molar-refractivity contribution in [3.05, 3.63) is 30.3 Å². The fourth-order valence-corrected chi connectivity index (χ4v) is 2.25. The molecule has 1 heterocycles. The number of rotatable bonds is 5. The highest BCUT2D eigenvalue weighted by atomic mass is 16.5. The van der Waals surface area contributed by atoms with E-state index in [4.69, 9.17) is 4.74 Å². The molecule has 1 fully saturated rings. The second-order valence-electron chi connectivity index (χ2n) is 4.74. The summed E-state index contributed by atoms with van der Waals surface area (Å²) in [5, 5.41) is 0. The van der Waals surface area contributed by atoms with Crippen molar-refractivity contribution in [3.8, 4) is 5.75 Å². The number of para-hydroxylation sites is 1. The zero-order valence-corrected chi connectivity index (χ0v) is 11.5. The summed E-state index contributed by atoms with van der Waals surface area (Å²) in [5.41, 5.74) is 0. The SMILES string of the molecule is CCC(=O)N1CCN(CCOc2ccccc2)CC1. The van der Waals surface area contributed by atoms with E-state index >= 15 is 0 Å². The van der Waals surface area contributed by atoms with Gasteiger partial charge < -0.3 is 9.64 Å². The fourth-order valence-electron chi connectivity index (χ4n) is 2.25. The summed E-state index contributed by atoms with van der Waals surface area (Å²) in [6.45, 7) is 7.13. The Kier molecular flexibility index (Phi) is 5.21. The molecule has 1 aromatic carbocycles. The maximum absolute atomic E-state index is 11.6. The van der Waals surface area contributed by atoms with Crippen LogP contribution in [0.3, 0.4) is 0 Å². The first-order valence-electron chi connectivity index (χ1n) is 6.97. The van der Waals surface area contributed by atoms with E-state index in [-0.39, 0.29) is 5.91 Å². The Morgan fingerprint density at radius 1 is 1.16 bits per heavy atom. The summed E-state index contributed by atoms with van der Waals surface area (Å²) in [7, 11) is 0. The molecule has 0 N–H and O–H groups in total. The normalized spacial score (nSPS) is 16.4. The Hall–Kier alpha value is -1.55. The second-order valence-corrected chi connectivity index (χ2v) is 4.74. The van der Waals surface area contributed by atoms with E-state index in [1.54, 1.807) is 0 Å². The molecule has 0 bridgehead atoms. The highest BCUT2D eigenvalue weighted by Crippen LogP contribution is 2.08. The lowest BCUT2D eigenvalue weighted by Gasteiger charge is -2.34. The summed E-state index contributed by atoms with van der Waals surface area (Å²) in [6.07, 6.45) is 0.608. The Morgan fingerprint density at radius 3 is 2.47 bits per heavy atom. The van der Waals surface area contributed by atoms with E-state index in [9.17, 15) is 4.79 Å². The lowest BCUT2D eigenvalue weighted by atomic mass is 10.3. The average molecular weight is 262 g/mol. The van der Waals surface area contributed by atoms with Gasteiger partial charge in [-0.15, -0.1) is 0 Å². The van der Waals surface area contributed by atoms with Crippen LogP contribution in [0.5, 0.6) is 5.75 Å². The van der Waals surface area contributed by atoms with Gasteiger partial charge in [0.25, 0.3) is 0 Å². The molecule has 2 rings (SSSR count). The summed E-state index contributed by atoms with van der Waals surface area (Å²) in [5.74, 6) is 1.18. The Bertz CT molecular complexity index is 386. The minimum atomic E-state index is 0.264. The van der Waals surface area contributed by atoms with E-state index < -0.39 is 0 Å². The molecular formula is C15H22N2O2. The van der Waals surface area contributed by atoms with E-state index in [0.29, 0.717) is 13.0 Å². The van der Waals surface area contributed by atoms with E-state index in [2.05, 4.69) is 4.90 Å². The van der Waals surface area contributed by atoms with Crippen molar-refractivity contribution in [2.75, 3.05) is 39.3 Å². The number of nitrogens with zero attached hydrogens (tertiary/aromatic N) is 2. The lowest BCUT2D eigenvalue weighted by Crippen LogP contribution is -2.49. The van der Waals surface area contributed by atoms with Gasteiger partial charge in [0.2, 0.25) is 5.91 Å². The highest BCUT2D eigenvalue weighted by molar-refractivity contribution is 5.75. The van der Waals surface area contributed by atoms with Gasteiger partial charge in [0.15, 0.2) is 0 Å². The van der Waals surface area contributed by atoms with Crippen molar-refractivity contribution in [3.63, 3.8) is 0 Å². The number of carbonyl (C=O) groups is 1. The quantitative estimate of drug-likeness (QED) is 0.808. The molecule has 0 unspecified atom stereocenters. The molecule has 104 valence electrons. The first kappa shape index (κ1) is 13.9. The predicted octanol–water partition coefficient (Wildman–Crippen LogP) is 1.62. The molecule has 0 spiro atoms. The highest BCUT2D eigenvalue weighted by Gasteiger charge is 2.19. The van der Waals surface area contributed by atoms with Crippen molar-refractivity contribution in [1.29, 1.82) is 0 Å². The first-order chi connectivity index (χ1) is 9.29. The zero-order chi connectivity index (χ0) is 13.5. The van der Waals surface area contributed by atoms with Crippen LogP contribution in [0.25, 0.3) is 0 Å². The van der Waals surface area contributed by atoms with Gasteiger partial charge >= 0.3 is 0 Å². The lowest BCUT2D eigenvalue weighted by molar-refractivity contribution is -0.132. The summed E-state index contributed by atoms with van der Waals surface area (Å²) in [4.78, 5) is 15.9. The summed E-state index contributed by atoms with van der Waals surface area (Å²) >= 11 is 0. The number of piperazine rings is 1. The van der Waals surface area contributed by atoms with Crippen molar-refractivity contribution in [1.82, 2.24) is 9.80 Å². The van der Waals surface area contributed by atoms with Gasteiger partial charge in [-0.1, -0.05) is 25.1 Å². The second kappa shape index (κ2) is 7.14. The van der Waals surface area contributed by atoms with Gasteiger partial charge in [-0.2, -0.15) is 0 Å². The molecule has 1 amide bonds. The maximum Gasteiger partial charge on any atom is 0.222 e. The largest absolute Gasteiger partial charge is 0.492 e. The number of amides is 1. The number of ether oxygens (including phenoxy) is 1. The molecule has 0 radical (unpaired) electrons. The molecule has 19 heavy (non-hydrogen) atoms. The van der Waals surface area contributed by atoms with E-state index in [1.165, 1.54) is 0 Å². The Morgan fingerprint density at radius 2 is 1.84 bits per heavy atom. The molecule has 1 aliphatic heterocycles. The molecule has 4 heteroatoms. The molecule has 1 aliphatic rings. The van der Waals surface area contributed by atoms with Gasteiger partial charge in [-0.3, -0.25) is 9.69 Å². The van der Waals surface area contributed by atoms with Crippen molar-refractivity contribution in [2.45, 2.75) is 13.3 Å². The van der Waals surface area contributed by atoms with Crippen LogP contribution in [-0.2, 0) is 4.79 Å². The fraction of sp³-hybridized carbons (Fsp3) is 0.533. The number of carbonyl (C=O) groups excluding carboxylic acids is 1. The van der Waals surface area contributed by atoms with Crippen LogP contribution >= 0.6 is 0 Å². The minimum absolute atomic E-state index is 0.264. The van der Waals surface area contributed by atoms with Gasteiger partial charge in [-0.25, -0.2) is 0 Å². The Balaban J connectivity index is 1.65. The monoisotopic (exact) mass is 262 g/mol. The van der Waals surface area contributed by atoms with Gasteiger partial charge in [0.1, 0.15) is 12.4 Å². The standard InChI is InChI=1S/C15H22N2O2/c1-2-15(18)17-10-8-16(9-11-17)12-13-19-14-6-4-3-5-7-14/h3-7H,2,8-13H2,1H3. The van der Waals surface area contributed by atoms with Gasteiger partial charge in [0, 0.05) is 39.1 Å². The zero-order valence-electron chi connectivity index (χ0n) is 11.5. The summed E-state index contributed by atoms with van der Waals surface area (Å²) < 4.78 is 5.68. The van der Waals surface area contributed by atoms with Crippen LogP contribution < -0.4 is 4.74 Å². The smallest absolute Gasteiger partial charge is 0.222 e. The maximum atomic E-state index is 11.6. The van der Waals surface area contributed by atoms with E-state index in [0.717, 1.165) is 38.5 Å². The van der Waals surface area contributed by atoms with Crippen LogP contribution in [0.15, 0.2) is 30.3 Å².